The number of carbonyl (C=O) groups excluding carboxylic acids is 2. The van der Waals surface area contributed by atoms with Crippen LogP contribution in [0.5, 0.6) is 0 Å². The van der Waals surface area contributed by atoms with Crippen molar-refractivity contribution in [3.63, 3.8) is 0 Å². The number of rotatable bonds is 3. The Morgan fingerprint density at radius 3 is 2.60 bits per heavy atom. The fourth-order valence-corrected chi connectivity index (χ4v) is 3.61. The van der Waals surface area contributed by atoms with Gasteiger partial charge >= 0.3 is 0 Å². The number of Topliss-reactive ketones (excluding diaryl/α,β-unsaturated/α-hetero) is 1. The predicted octanol–water partition coefficient (Wildman–Crippen LogP) is 1.80. The molecule has 2 rings (SSSR count). The lowest BCUT2D eigenvalue weighted by Crippen LogP contribution is -2.34. The molecular weight excluding hydrogens is 192 g/mol. The van der Waals surface area contributed by atoms with Crippen LogP contribution in [0.2, 0.25) is 0 Å². The van der Waals surface area contributed by atoms with E-state index in [1.54, 1.807) is 0 Å². The van der Waals surface area contributed by atoms with Crippen LogP contribution in [0.1, 0.15) is 33.6 Å². The van der Waals surface area contributed by atoms with Crippen LogP contribution in [0.25, 0.3) is 0 Å². The van der Waals surface area contributed by atoms with Crippen LogP contribution in [0.4, 0.5) is 0 Å². The van der Waals surface area contributed by atoms with Crippen LogP contribution in [-0.4, -0.2) is 18.9 Å². The minimum Gasteiger partial charge on any atom is -0.467 e. The summed E-state index contributed by atoms with van der Waals surface area (Å²) in [6.07, 6.45) is 2.07. The molecule has 3 nitrogen and oxygen atoms in total. The smallest absolute Gasteiger partial charge is 0.293 e. The Morgan fingerprint density at radius 1 is 1.47 bits per heavy atom. The number of carbonyl (C=O) groups is 2. The summed E-state index contributed by atoms with van der Waals surface area (Å²) in [5.41, 5.74) is -0.143. The molecule has 0 aliphatic heterocycles. The first-order valence-corrected chi connectivity index (χ1v) is 5.54. The van der Waals surface area contributed by atoms with E-state index in [0.29, 0.717) is 18.2 Å². The van der Waals surface area contributed by atoms with Crippen molar-refractivity contribution in [2.24, 2.45) is 22.7 Å². The lowest BCUT2D eigenvalue weighted by molar-refractivity contribution is -0.137. The van der Waals surface area contributed by atoms with E-state index in [9.17, 15) is 9.59 Å². The molecule has 3 heteroatoms. The van der Waals surface area contributed by atoms with Crippen molar-refractivity contribution in [3.8, 4) is 0 Å². The van der Waals surface area contributed by atoms with Gasteiger partial charge in [0.05, 0.1) is 5.92 Å². The van der Waals surface area contributed by atoms with Crippen LogP contribution in [0, 0.1) is 22.7 Å². The van der Waals surface area contributed by atoms with E-state index in [4.69, 9.17) is 4.74 Å². The molecule has 84 valence electrons. The van der Waals surface area contributed by atoms with Crippen molar-refractivity contribution in [2.45, 2.75) is 33.6 Å². The molecule has 0 saturated heterocycles. The number of ketones is 1. The van der Waals surface area contributed by atoms with E-state index in [0.717, 1.165) is 12.8 Å². The fourth-order valence-electron chi connectivity index (χ4n) is 3.61. The Kier molecular flexibility index (Phi) is 2.18. The van der Waals surface area contributed by atoms with Crippen LogP contribution < -0.4 is 0 Å². The monoisotopic (exact) mass is 210 g/mol. The van der Waals surface area contributed by atoms with Gasteiger partial charge in [-0.1, -0.05) is 20.8 Å². The minimum absolute atomic E-state index is 0.0565. The number of ether oxygens (including phenoxy) is 1. The van der Waals surface area contributed by atoms with Crippen molar-refractivity contribution >= 4 is 12.3 Å². The molecule has 0 amide bonds. The molecule has 0 unspecified atom stereocenters. The van der Waals surface area contributed by atoms with Gasteiger partial charge in [0.25, 0.3) is 6.47 Å². The quantitative estimate of drug-likeness (QED) is 0.667. The summed E-state index contributed by atoms with van der Waals surface area (Å²) < 4.78 is 4.78. The third-order valence-electron chi connectivity index (χ3n) is 5.01. The van der Waals surface area contributed by atoms with Gasteiger partial charge < -0.3 is 4.74 Å². The summed E-state index contributed by atoms with van der Waals surface area (Å²) in [6.45, 7) is 7.11. The van der Waals surface area contributed by atoms with E-state index in [2.05, 4.69) is 20.8 Å². The van der Waals surface area contributed by atoms with Crippen LogP contribution in [-0.2, 0) is 14.3 Å². The zero-order valence-electron chi connectivity index (χ0n) is 9.58. The molecule has 2 aliphatic carbocycles. The minimum atomic E-state index is -0.200. The molecular formula is C12H18O3. The molecule has 2 saturated carbocycles. The second kappa shape index (κ2) is 3.06. The van der Waals surface area contributed by atoms with Gasteiger partial charge in [-0.3, -0.25) is 9.59 Å². The summed E-state index contributed by atoms with van der Waals surface area (Å²) in [6, 6.07) is 0. The zero-order chi connectivity index (χ0) is 11.3. The highest BCUT2D eigenvalue weighted by Gasteiger charge is 2.66. The van der Waals surface area contributed by atoms with Crippen LogP contribution >= 0.6 is 0 Å². The van der Waals surface area contributed by atoms with Crippen molar-refractivity contribution in [3.05, 3.63) is 0 Å². The average molecular weight is 210 g/mol. The van der Waals surface area contributed by atoms with Gasteiger partial charge in [0.15, 0.2) is 0 Å². The highest BCUT2D eigenvalue weighted by molar-refractivity contribution is 5.91. The predicted molar refractivity (Wildman–Crippen MR) is 55.1 cm³/mol. The van der Waals surface area contributed by atoms with E-state index >= 15 is 0 Å². The van der Waals surface area contributed by atoms with Crippen molar-refractivity contribution in [2.75, 3.05) is 6.61 Å². The van der Waals surface area contributed by atoms with E-state index < -0.39 is 0 Å². The van der Waals surface area contributed by atoms with Gasteiger partial charge in [0.2, 0.25) is 0 Å². The fraction of sp³-hybridized carbons (Fsp3) is 0.833. The first-order valence-electron chi connectivity index (χ1n) is 5.54. The highest BCUT2D eigenvalue weighted by Crippen LogP contribution is 2.65. The molecule has 0 aromatic heterocycles. The number of hydrogen-bond donors (Lipinski definition) is 0. The number of hydrogen-bond acceptors (Lipinski definition) is 3. The van der Waals surface area contributed by atoms with Gasteiger partial charge in [-0.2, -0.15) is 0 Å². The lowest BCUT2D eigenvalue weighted by Gasteiger charge is -2.32. The summed E-state index contributed by atoms with van der Waals surface area (Å²) >= 11 is 0. The first kappa shape index (κ1) is 10.7. The second-order valence-corrected chi connectivity index (χ2v) is 5.60. The normalized spacial score (nSPS) is 41.9. The highest BCUT2D eigenvalue weighted by atomic mass is 16.5. The number of fused-ring (bicyclic) bond motifs is 2. The van der Waals surface area contributed by atoms with Gasteiger partial charge in [-0.15, -0.1) is 0 Å². The molecule has 15 heavy (non-hydrogen) atoms. The largest absolute Gasteiger partial charge is 0.467 e. The summed E-state index contributed by atoms with van der Waals surface area (Å²) in [7, 11) is 0. The van der Waals surface area contributed by atoms with Crippen LogP contribution in [0.3, 0.4) is 0 Å². The Hall–Kier alpha value is -0.860. The SMILES string of the molecule is CC1(C)[C@H]2CC[C@@]1(C)C(=O)[C@@H]2COC=O. The molecule has 0 heterocycles. The zero-order valence-corrected chi connectivity index (χ0v) is 9.58. The Balaban J connectivity index is 2.26. The van der Waals surface area contributed by atoms with E-state index in [-0.39, 0.29) is 23.4 Å². The average Bonchev–Trinajstić information content (AvgIpc) is 2.48. The van der Waals surface area contributed by atoms with Gasteiger partial charge in [0, 0.05) is 5.41 Å². The summed E-state index contributed by atoms with van der Waals surface area (Å²) in [4.78, 5) is 22.4. The second-order valence-electron chi connectivity index (χ2n) is 5.60. The van der Waals surface area contributed by atoms with Gasteiger partial charge in [-0.05, 0) is 24.2 Å². The van der Waals surface area contributed by atoms with E-state index in [1.807, 2.05) is 0 Å². The molecule has 0 aromatic rings. The van der Waals surface area contributed by atoms with Gasteiger partial charge in [0.1, 0.15) is 12.4 Å². The molecule has 0 aromatic carbocycles. The Morgan fingerprint density at radius 2 is 2.13 bits per heavy atom. The molecule has 2 aliphatic rings. The summed E-state index contributed by atoms with van der Waals surface area (Å²) in [5, 5.41) is 0. The lowest BCUT2D eigenvalue weighted by atomic mass is 9.70. The van der Waals surface area contributed by atoms with Crippen molar-refractivity contribution in [1.29, 1.82) is 0 Å². The molecule has 0 spiro atoms. The maximum absolute atomic E-state index is 12.2. The van der Waals surface area contributed by atoms with E-state index in [1.165, 1.54) is 0 Å². The summed E-state index contributed by atoms with van der Waals surface area (Å²) in [5.74, 6) is 0.615. The molecule has 2 bridgehead atoms. The van der Waals surface area contributed by atoms with Gasteiger partial charge in [-0.25, -0.2) is 0 Å². The third-order valence-corrected chi connectivity index (χ3v) is 5.01. The molecule has 2 fully saturated rings. The van der Waals surface area contributed by atoms with Crippen LogP contribution in [0.15, 0.2) is 0 Å². The maximum atomic E-state index is 12.2. The third kappa shape index (κ3) is 1.12. The topological polar surface area (TPSA) is 43.4 Å². The molecule has 3 atom stereocenters. The first-order chi connectivity index (χ1) is 6.95. The molecule has 0 radical (unpaired) electrons. The maximum Gasteiger partial charge on any atom is 0.293 e. The Labute approximate surface area is 90.2 Å². The standard InChI is InChI=1S/C12H18O3/c1-11(2)9-4-5-12(11,3)10(14)8(9)6-15-7-13/h7-9H,4-6H2,1-3H3/t8-,9+,12+/m1/s1. The van der Waals surface area contributed by atoms with Crippen molar-refractivity contribution < 1.29 is 14.3 Å². The Bertz CT molecular complexity index is 308. The molecule has 0 N–H and O–H groups in total. The van der Waals surface area contributed by atoms with Crippen molar-refractivity contribution in [1.82, 2.24) is 0 Å².